The van der Waals surface area contributed by atoms with Gasteiger partial charge in [0.25, 0.3) is 5.56 Å². The molecule has 0 bridgehead atoms. The molecule has 0 radical (unpaired) electrons. The molecule has 0 spiro atoms. The Morgan fingerprint density at radius 3 is 2.57 bits per heavy atom. The van der Waals surface area contributed by atoms with Gasteiger partial charge < -0.3 is 4.74 Å². The van der Waals surface area contributed by atoms with Gasteiger partial charge in [-0.05, 0) is 46.6 Å². The number of phosphoric acid groups is 1. The molecule has 2 aliphatic rings. The lowest BCUT2D eigenvalue weighted by Crippen LogP contribution is -2.33. The average Bonchev–Trinajstić information content (AvgIpc) is 3.11. The van der Waals surface area contributed by atoms with Gasteiger partial charge >= 0.3 is 13.5 Å². The van der Waals surface area contributed by atoms with Gasteiger partial charge in [-0.25, -0.2) is 9.36 Å². The first-order valence-corrected chi connectivity index (χ1v) is 11.8. The summed E-state index contributed by atoms with van der Waals surface area (Å²) in [5.74, 6) is 0. The van der Waals surface area contributed by atoms with E-state index in [2.05, 4.69) is 4.98 Å². The van der Waals surface area contributed by atoms with Gasteiger partial charge in [-0.15, -0.1) is 0 Å². The molecule has 1 aromatic rings. The second kappa shape index (κ2) is 9.32. The number of H-pyrrole nitrogens is 1. The van der Waals surface area contributed by atoms with E-state index in [1.54, 1.807) is 39.8 Å². The van der Waals surface area contributed by atoms with Crippen LogP contribution in [0.15, 0.2) is 27.9 Å². The zero-order chi connectivity index (χ0) is 21.9. The van der Waals surface area contributed by atoms with Crippen LogP contribution in [-0.4, -0.2) is 34.0 Å². The molecule has 1 aliphatic carbocycles. The molecule has 9 nitrogen and oxygen atoms in total. The lowest BCUT2D eigenvalue weighted by Gasteiger charge is -2.31. The molecule has 0 amide bonds. The van der Waals surface area contributed by atoms with Crippen molar-refractivity contribution < 1.29 is 22.9 Å². The van der Waals surface area contributed by atoms with Crippen LogP contribution >= 0.6 is 7.82 Å². The number of rotatable bonds is 7. The number of nitrogens with one attached hydrogen (secondary N) is 1. The Morgan fingerprint density at radius 2 is 1.90 bits per heavy atom. The minimum atomic E-state index is -3.81. The van der Waals surface area contributed by atoms with Crippen LogP contribution in [-0.2, 0) is 22.9 Å². The Hall–Kier alpha value is -1.51. The molecule has 1 aliphatic heterocycles. The summed E-state index contributed by atoms with van der Waals surface area (Å²) in [5, 5.41) is 0. The molecule has 2 heterocycles. The molecule has 1 aromatic heterocycles. The number of aromatic amines is 1. The van der Waals surface area contributed by atoms with E-state index in [1.165, 1.54) is 10.8 Å². The number of hydrogen-bond donors (Lipinski definition) is 1. The highest BCUT2D eigenvalue weighted by Crippen LogP contribution is 2.55. The van der Waals surface area contributed by atoms with Crippen LogP contribution in [0.4, 0.5) is 0 Å². The van der Waals surface area contributed by atoms with Crippen LogP contribution < -0.4 is 11.2 Å². The average molecular weight is 442 g/mol. The first-order valence-electron chi connectivity index (χ1n) is 10.3. The van der Waals surface area contributed by atoms with Crippen LogP contribution in [0.5, 0.6) is 0 Å². The van der Waals surface area contributed by atoms with E-state index in [1.807, 2.05) is 0 Å². The van der Waals surface area contributed by atoms with E-state index in [0.717, 1.165) is 32.1 Å². The normalized spacial score (nSPS) is 24.8. The van der Waals surface area contributed by atoms with Gasteiger partial charge in [0.05, 0.1) is 18.3 Å². The van der Waals surface area contributed by atoms with Gasteiger partial charge in [0.15, 0.2) is 6.23 Å². The van der Waals surface area contributed by atoms with E-state index >= 15 is 0 Å². The zero-order valence-corrected chi connectivity index (χ0v) is 18.9. The predicted octanol–water partition coefficient (Wildman–Crippen LogP) is 3.59. The van der Waals surface area contributed by atoms with E-state index in [9.17, 15) is 14.2 Å². The minimum absolute atomic E-state index is 0.0514. The topological polar surface area (TPSA) is 109 Å². The molecular weight excluding hydrogens is 411 g/mol. The third kappa shape index (κ3) is 6.25. The van der Waals surface area contributed by atoms with E-state index in [0.29, 0.717) is 5.56 Å². The highest BCUT2D eigenvalue weighted by molar-refractivity contribution is 7.48. The predicted molar refractivity (Wildman–Crippen MR) is 111 cm³/mol. The fraction of sp³-hybridized carbons (Fsp3) is 0.700. The molecule has 30 heavy (non-hydrogen) atoms. The molecule has 3 atom stereocenters. The number of aromatic nitrogens is 2. The third-order valence-corrected chi connectivity index (χ3v) is 6.63. The van der Waals surface area contributed by atoms with Crippen molar-refractivity contribution >= 4 is 7.82 Å². The van der Waals surface area contributed by atoms with Gasteiger partial charge in [-0.1, -0.05) is 25.3 Å². The van der Waals surface area contributed by atoms with Crippen molar-refractivity contribution in [3.63, 3.8) is 0 Å². The second-order valence-electron chi connectivity index (χ2n) is 8.74. The quantitative estimate of drug-likeness (QED) is 0.508. The summed E-state index contributed by atoms with van der Waals surface area (Å²) in [6.07, 6.45) is 8.34. The van der Waals surface area contributed by atoms with Crippen molar-refractivity contribution in [3.05, 3.63) is 44.8 Å². The summed E-state index contributed by atoms with van der Waals surface area (Å²) in [5.41, 5.74) is -1.31. The van der Waals surface area contributed by atoms with E-state index < -0.39 is 37.0 Å². The lowest BCUT2D eigenvalue weighted by atomic mass is 9.98. The van der Waals surface area contributed by atoms with Crippen molar-refractivity contribution in [2.75, 3.05) is 6.61 Å². The SMILES string of the molecule is Cc1cn([C@H]2C=C[C@@H](COP(=O)(OC3CCCCC3)OC(C)(C)C)O2)c(=O)[nH]c1=O. The number of ether oxygens (including phenoxy) is 1. The maximum atomic E-state index is 13.3. The summed E-state index contributed by atoms with van der Waals surface area (Å²) >= 11 is 0. The second-order valence-corrected chi connectivity index (χ2v) is 10.3. The number of aryl methyl sites for hydroxylation is 1. The van der Waals surface area contributed by atoms with Crippen molar-refractivity contribution in [1.82, 2.24) is 9.55 Å². The summed E-state index contributed by atoms with van der Waals surface area (Å²) in [4.78, 5) is 25.9. The monoisotopic (exact) mass is 442 g/mol. The largest absolute Gasteiger partial charge is 0.475 e. The van der Waals surface area contributed by atoms with Gasteiger partial charge in [0.2, 0.25) is 0 Å². The third-order valence-electron chi connectivity index (χ3n) is 4.84. The Bertz CT molecular complexity index is 924. The fourth-order valence-electron chi connectivity index (χ4n) is 3.45. The van der Waals surface area contributed by atoms with Crippen molar-refractivity contribution in [2.24, 2.45) is 0 Å². The van der Waals surface area contributed by atoms with Crippen LogP contribution in [0.3, 0.4) is 0 Å². The Labute approximate surface area is 176 Å². The van der Waals surface area contributed by atoms with Crippen LogP contribution in [0.25, 0.3) is 0 Å². The fourth-order valence-corrected chi connectivity index (χ4v) is 5.18. The zero-order valence-electron chi connectivity index (χ0n) is 18.0. The van der Waals surface area contributed by atoms with Crippen LogP contribution in [0.1, 0.15) is 64.7 Å². The molecule has 1 saturated carbocycles. The number of nitrogens with zero attached hydrogens (tertiary/aromatic N) is 1. The molecule has 1 unspecified atom stereocenters. The van der Waals surface area contributed by atoms with Crippen LogP contribution in [0.2, 0.25) is 0 Å². The number of phosphoric ester groups is 1. The smallest absolute Gasteiger partial charge is 0.344 e. The maximum Gasteiger partial charge on any atom is 0.475 e. The highest BCUT2D eigenvalue weighted by atomic mass is 31.2. The lowest BCUT2D eigenvalue weighted by molar-refractivity contribution is -0.0297. The summed E-state index contributed by atoms with van der Waals surface area (Å²) in [6, 6.07) is 0. The summed E-state index contributed by atoms with van der Waals surface area (Å²) in [6.45, 7) is 6.93. The first-order chi connectivity index (χ1) is 14.0. The van der Waals surface area contributed by atoms with Gasteiger partial charge in [0.1, 0.15) is 6.10 Å². The maximum absolute atomic E-state index is 13.3. The highest BCUT2D eigenvalue weighted by Gasteiger charge is 2.37. The molecule has 3 rings (SSSR count). The number of hydrogen-bond acceptors (Lipinski definition) is 7. The summed E-state index contributed by atoms with van der Waals surface area (Å²) < 4.78 is 37.5. The minimum Gasteiger partial charge on any atom is -0.344 e. The van der Waals surface area contributed by atoms with Crippen LogP contribution in [0, 0.1) is 6.92 Å². The van der Waals surface area contributed by atoms with Gasteiger partial charge in [-0.3, -0.25) is 27.9 Å². The molecule has 168 valence electrons. The first kappa shape index (κ1) is 23.2. The molecular formula is C20H31N2O7P. The van der Waals surface area contributed by atoms with Gasteiger partial charge in [-0.2, -0.15) is 0 Å². The van der Waals surface area contributed by atoms with Gasteiger partial charge in [0, 0.05) is 11.8 Å². The molecule has 0 aromatic carbocycles. The van der Waals surface area contributed by atoms with Crippen molar-refractivity contribution in [2.45, 2.75) is 83.8 Å². The molecule has 10 heteroatoms. The Morgan fingerprint density at radius 1 is 1.20 bits per heavy atom. The molecule has 1 fully saturated rings. The summed E-state index contributed by atoms with van der Waals surface area (Å²) in [7, 11) is -3.81. The van der Waals surface area contributed by atoms with E-state index in [4.69, 9.17) is 18.3 Å². The Kier molecular flexibility index (Phi) is 7.20. The molecule has 1 N–H and O–H groups in total. The van der Waals surface area contributed by atoms with Crippen molar-refractivity contribution in [1.29, 1.82) is 0 Å². The van der Waals surface area contributed by atoms with Crippen molar-refractivity contribution in [3.8, 4) is 0 Å². The Balaban J connectivity index is 1.64. The standard InChI is InChI=1S/C20H31N2O7P/c1-14-12-22(19(24)21-18(14)23)17-11-10-16(27-17)13-26-30(25,29-20(2,3)4)28-15-8-6-5-7-9-15/h10-12,15-17H,5-9,13H2,1-4H3,(H,21,23,24)/t16-,17+,30?/m0/s1. The van der Waals surface area contributed by atoms with E-state index in [-0.39, 0.29) is 12.7 Å². The molecule has 0 saturated heterocycles.